The highest BCUT2D eigenvalue weighted by Crippen LogP contribution is 2.22. The van der Waals surface area contributed by atoms with Crippen molar-refractivity contribution in [2.45, 2.75) is 6.42 Å². The molecule has 0 atom stereocenters. The third kappa shape index (κ3) is 2.48. The first-order chi connectivity index (χ1) is 10.7. The Morgan fingerprint density at radius 3 is 2.00 bits per heavy atom. The average molecular weight is 294 g/mol. The minimum atomic E-state index is -0.352. The van der Waals surface area contributed by atoms with Crippen molar-refractivity contribution in [3.05, 3.63) is 71.3 Å². The van der Waals surface area contributed by atoms with Gasteiger partial charge in [0.25, 0.3) is 11.8 Å². The van der Waals surface area contributed by atoms with Crippen LogP contribution in [0.3, 0.4) is 0 Å². The van der Waals surface area contributed by atoms with Gasteiger partial charge < -0.3 is 5.21 Å². The summed E-state index contributed by atoms with van der Waals surface area (Å²) in [5, 5.41) is 12.4. The van der Waals surface area contributed by atoms with Crippen LogP contribution in [0.5, 0.6) is 0 Å². The Morgan fingerprint density at radius 2 is 1.45 bits per heavy atom. The van der Waals surface area contributed by atoms with Crippen molar-refractivity contribution in [2.24, 2.45) is 5.16 Å². The van der Waals surface area contributed by atoms with E-state index in [1.807, 2.05) is 30.3 Å². The van der Waals surface area contributed by atoms with E-state index < -0.39 is 0 Å². The second-order valence-corrected chi connectivity index (χ2v) is 5.07. The summed E-state index contributed by atoms with van der Waals surface area (Å²) < 4.78 is 0. The molecule has 0 unspecified atom stereocenters. The summed E-state index contributed by atoms with van der Waals surface area (Å²) in [4.78, 5) is 25.7. The molecule has 2 aromatic carbocycles. The molecule has 2 aromatic rings. The van der Waals surface area contributed by atoms with Gasteiger partial charge in [-0.05, 0) is 17.7 Å². The molecular formula is C17H14N2O3. The molecule has 0 saturated carbocycles. The fourth-order valence-electron chi connectivity index (χ4n) is 2.52. The van der Waals surface area contributed by atoms with Crippen molar-refractivity contribution in [2.75, 3.05) is 6.54 Å². The minimum Gasteiger partial charge on any atom is -0.411 e. The molecular weight excluding hydrogens is 280 g/mol. The van der Waals surface area contributed by atoms with Gasteiger partial charge in [0.2, 0.25) is 0 Å². The largest absolute Gasteiger partial charge is 0.411 e. The van der Waals surface area contributed by atoms with Crippen LogP contribution in [0.1, 0.15) is 26.3 Å². The zero-order valence-electron chi connectivity index (χ0n) is 11.8. The van der Waals surface area contributed by atoms with Gasteiger partial charge in [-0.25, -0.2) is 0 Å². The number of benzene rings is 2. The van der Waals surface area contributed by atoms with E-state index in [1.54, 1.807) is 24.3 Å². The zero-order chi connectivity index (χ0) is 15.5. The lowest BCUT2D eigenvalue weighted by molar-refractivity contribution is 0.0676. The molecule has 1 aliphatic heterocycles. The second kappa shape index (κ2) is 5.81. The summed E-state index contributed by atoms with van der Waals surface area (Å²) in [6, 6.07) is 16.1. The molecule has 110 valence electrons. The first-order valence-electron chi connectivity index (χ1n) is 6.89. The molecule has 0 fully saturated rings. The summed E-state index contributed by atoms with van der Waals surface area (Å²) in [5.74, 6) is -0.704. The summed E-state index contributed by atoms with van der Waals surface area (Å²) in [6.45, 7) is -0.0161. The summed E-state index contributed by atoms with van der Waals surface area (Å²) in [7, 11) is 0. The molecule has 22 heavy (non-hydrogen) atoms. The van der Waals surface area contributed by atoms with Crippen LogP contribution in [-0.4, -0.2) is 34.2 Å². The first kappa shape index (κ1) is 14.0. The number of hydrogen-bond donors (Lipinski definition) is 1. The predicted octanol–water partition coefficient (Wildman–Crippen LogP) is 2.36. The minimum absolute atomic E-state index is 0.0161. The van der Waals surface area contributed by atoms with Gasteiger partial charge in [-0.15, -0.1) is 0 Å². The Kier molecular flexibility index (Phi) is 3.70. The Balaban J connectivity index is 1.79. The highest BCUT2D eigenvalue weighted by Gasteiger charge is 2.35. The van der Waals surface area contributed by atoms with Gasteiger partial charge >= 0.3 is 0 Å². The molecule has 0 aliphatic carbocycles. The molecule has 1 N–H and O–H groups in total. The first-order valence-corrected chi connectivity index (χ1v) is 6.89. The second-order valence-electron chi connectivity index (χ2n) is 5.07. The van der Waals surface area contributed by atoms with Gasteiger partial charge in [0.05, 0.1) is 23.4 Å². The average Bonchev–Trinajstić information content (AvgIpc) is 2.80. The quantitative estimate of drug-likeness (QED) is 0.407. The lowest BCUT2D eigenvalue weighted by Crippen LogP contribution is -2.35. The van der Waals surface area contributed by atoms with Crippen LogP contribution in [-0.2, 0) is 6.42 Å². The van der Waals surface area contributed by atoms with Crippen LogP contribution >= 0.6 is 0 Å². The lowest BCUT2D eigenvalue weighted by atomic mass is 10.1. The van der Waals surface area contributed by atoms with Crippen LogP contribution < -0.4 is 0 Å². The van der Waals surface area contributed by atoms with Crippen LogP contribution in [0.15, 0.2) is 59.8 Å². The normalized spacial score (nSPS) is 14.4. The third-order valence-electron chi connectivity index (χ3n) is 3.61. The maximum Gasteiger partial charge on any atom is 0.261 e. The standard InChI is InChI=1S/C17H14N2O3/c20-16-14-8-4-5-9-15(14)17(21)19(16)11-13(18-22)10-12-6-2-1-3-7-12/h1-9,22H,10-11H2. The van der Waals surface area contributed by atoms with E-state index in [-0.39, 0.29) is 18.4 Å². The van der Waals surface area contributed by atoms with Gasteiger partial charge in [-0.3, -0.25) is 14.5 Å². The van der Waals surface area contributed by atoms with E-state index in [4.69, 9.17) is 0 Å². The number of amides is 2. The number of carbonyl (C=O) groups excluding carboxylic acids is 2. The van der Waals surface area contributed by atoms with E-state index in [2.05, 4.69) is 5.16 Å². The molecule has 0 radical (unpaired) electrons. The molecule has 1 aliphatic rings. The smallest absolute Gasteiger partial charge is 0.261 e. The van der Waals surface area contributed by atoms with E-state index >= 15 is 0 Å². The molecule has 3 rings (SSSR count). The third-order valence-corrected chi connectivity index (χ3v) is 3.61. The maximum atomic E-state index is 12.3. The number of carbonyl (C=O) groups is 2. The van der Waals surface area contributed by atoms with E-state index in [9.17, 15) is 14.8 Å². The number of rotatable bonds is 4. The van der Waals surface area contributed by atoms with Gasteiger partial charge in [0.1, 0.15) is 0 Å². The monoisotopic (exact) mass is 294 g/mol. The van der Waals surface area contributed by atoms with Crippen molar-refractivity contribution in [3.8, 4) is 0 Å². The van der Waals surface area contributed by atoms with E-state index in [1.165, 1.54) is 0 Å². The predicted molar refractivity (Wildman–Crippen MR) is 81.2 cm³/mol. The molecule has 0 saturated heterocycles. The van der Waals surface area contributed by atoms with Crippen LogP contribution in [0, 0.1) is 0 Å². The highest BCUT2D eigenvalue weighted by atomic mass is 16.4. The van der Waals surface area contributed by atoms with Gasteiger partial charge in [-0.1, -0.05) is 47.6 Å². The van der Waals surface area contributed by atoms with Crippen molar-refractivity contribution < 1.29 is 14.8 Å². The Labute approximate surface area is 127 Å². The lowest BCUT2D eigenvalue weighted by Gasteiger charge is -2.14. The van der Waals surface area contributed by atoms with Crippen LogP contribution in [0.4, 0.5) is 0 Å². The van der Waals surface area contributed by atoms with Gasteiger partial charge in [-0.2, -0.15) is 0 Å². The molecule has 5 heteroatoms. The summed E-state index contributed by atoms with van der Waals surface area (Å²) in [6.07, 6.45) is 0.380. The Morgan fingerprint density at radius 1 is 0.909 bits per heavy atom. The molecule has 2 amide bonds. The number of imide groups is 1. The van der Waals surface area contributed by atoms with Crippen molar-refractivity contribution in [1.29, 1.82) is 0 Å². The van der Waals surface area contributed by atoms with Crippen LogP contribution in [0.2, 0.25) is 0 Å². The van der Waals surface area contributed by atoms with Gasteiger partial charge in [0, 0.05) is 6.42 Å². The number of fused-ring (bicyclic) bond motifs is 1. The highest BCUT2D eigenvalue weighted by molar-refractivity contribution is 6.22. The van der Waals surface area contributed by atoms with E-state index in [0.717, 1.165) is 10.5 Å². The number of nitrogens with zero attached hydrogens (tertiary/aromatic N) is 2. The van der Waals surface area contributed by atoms with Crippen molar-refractivity contribution in [3.63, 3.8) is 0 Å². The molecule has 5 nitrogen and oxygen atoms in total. The van der Waals surface area contributed by atoms with Crippen LogP contribution in [0.25, 0.3) is 0 Å². The Hall–Kier alpha value is -2.95. The van der Waals surface area contributed by atoms with Gasteiger partial charge in [0.15, 0.2) is 0 Å². The fourth-order valence-corrected chi connectivity index (χ4v) is 2.52. The van der Waals surface area contributed by atoms with E-state index in [0.29, 0.717) is 23.3 Å². The Bertz CT molecular complexity index is 719. The SMILES string of the molecule is O=C1c2ccccc2C(=O)N1CC(Cc1ccccc1)=NO. The van der Waals surface area contributed by atoms with Crippen molar-refractivity contribution in [1.82, 2.24) is 4.90 Å². The van der Waals surface area contributed by atoms with Crippen molar-refractivity contribution >= 4 is 17.5 Å². The number of hydrogen-bond acceptors (Lipinski definition) is 4. The zero-order valence-corrected chi connectivity index (χ0v) is 11.8. The molecule has 0 aromatic heterocycles. The molecule has 0 spiro atoms. The topological polar surface area (TPSA) is 70.0 Å². The maximum absolute atomic E-state index is 12.3. The molecule has 0 bridgehead atoms. The molecule has 1 heterocycles. The summed E-state index contributed by atoms with van der Waals surface area (Å²) >= 11 is 0. The summed E-state index contributed by atoms with van der Waals surface area (Å²) in [5.41, 5.74) is 2.10. The fraction of sp³-hybridized carbons (Fsp3) is 0.118. The number of oxime groups is 1.